The van der Waals surface area contributed by atoms with Gasteiger partial charge in [-0.15, -0.1) is 0 Å². The first-order valence-corrected chi connectivity index (χ1v) is 13.8. The summed E-state index contributed by atoms with van der Waals surface area (Å²) in [6.45, 7) is 8.92. The Morgan fingerprint density at radius 2 is 1.21 bits per heavy atom. The van der Waals surface area contributed by atoms with Gasteiger partial charge in [0.25, 0.3) is 0 Å². The van der Waals surface area contributed by atoms with Crippen LogP contribution in [-0.4, -0.2) is 56.0 Å². The van der Waals surface area contributed by atoms with Crippen molar-refractivity contribution in [1.82, 2.24) is 4.90 Å². The van der Waals surface area contributed by atoms with Gasteiger partial charge in [-0.3, -0.25) is 0 Å². The zero-order valence-corrected chi connectivity index (χ0v) is 16.1. The van der Waals surface area contributed by atoms with Gasteiger partial charge in [0.15, 0.2) is 0 Å². The molecular weight excluding hydrogens is 419 g/mol. The number of nitrogens with zero attached hydrogens (tertiary/aromatic N) is 1. The molecular formula is C12H28NO5Ta. The van der Waals surface area contributed by atoms with Gasteiger partial charge < -0.3 is 0 Å². The molecule has 0 aliphatic heterocycles. The van der Waals surface area contributed by atoms with Crippen LogP contribution in [0, 0.1) is 0 Å². The van der Waals surface area contributed by atoms with Gasteiger partial charge in [0.05, 0.1) is 0 Å². The first-order valence-electron chi connectivity index (χ1n) is 6.69. The fraction of sp³-hybridized carbons (Fsp3) is 0.917. The van der Waals surface area contributed by atoms with Crippen LogP contribution in [0.25, 0.3) is 0 Å². The summed E-state index contributed by atoms with van der Waals surface area (Å²) in [5.41, 5.74) is 0. The van der Waals surface area contributed by atoms with Gasteiger partial charge in [0.1, 0.15) is 0 Å². The number of aldehydes is 1. The Hall–Kier alpha value is 0.210. The van der Waals surface area contributed by atoms with Crippen LogP contribution in [0.4, 0.5) is 0 Å². The second-order valence-corrected chi connectivity index (χ2v) is 15.9. The van der Waals surface area contributed by atoms with Crippen LogP contribution >= 0.6 is 0 Å². The minimum atomic E-state index is -5.09. The van der Waals surface area contributed by atoms with Crippen molar-refractivity contribution in [1.29, 1.82) is 0 Å². The number of likely N-dealkylation sites (N-methyl/N-ethyl adjacent to an activating group) is 1. The van der Waals surface area contributed by atoms with Crippen molar-refractivity contribution in [3.63, 3.8) is 0 Å². The third-order valence-electron chi connectivity index (χ3n) is 2.53. The maximum absolute atomic E-state index is 11.6. The van der Waals surface area contributed by atoms with Gasteiger partial charge in [-0.2, -0.15) is 0 Å². The van der Waals surface area contributed by atoms with Crippen molar-refractivity contribution >= 4 is 6.29 Å². The number of carbonyl (C=O) groups is 1. The SMILES string of the molecule is CC[O][Ta]([O]CC)([O]CC)([O]CC)[CH](C=O)N(C)C. The van der Waals surface area contributed by atoms with Crippen LogP contribution in [0.15, 0.2) is 0 Å². The third-order valence-corrected chi connectivity index (χ3v) is 18.1. The fourth-order valence-electron chi connectivity index (χ4n) is 2.06. The van der Waals surface area contributed by atoms with E-state index in [-0.39, 0.29) is 0 Å². The van der Waals surface area contributed by atoms with Crippen LogP contribution in [0.5, 0.6) is 0 Å². The minimum absolute atomic E-state index is 0.380. The second kappa shape index (κ2) is 8.49. The normalized spacial score (nSPS) is 16.1. The molecule has 0 aromatic rings. The van der Waals surface area contributed by atoms with Gasteiger partial charge in [-0.05, 0) is 0 Å². The van der Waals surface area contributed by atoms with Gasteiger partial charge in [-0.1, -0.05) is 0 Å². The van der Waals surface area contributed by atoms with E-state index in [9.17, 15) is 4.79 Å². The zero-order valence-electron chi connectivity index (χ0n) is 12.9. The molecule has 0 spiro atoms. The summed E-state index contributed by atoms with van der Waals surface area (Å²) in [6, 6.07) is 0. The Kier molecular flexibility index (Phi) is 8.58. The van der Waals surface area contributed by atoms with E-state index in [2.05, 4.69) is 0 Å². The topological polar surface area (TPSA) is 57.2 Å². The van der Waals surface area contributed by atoms with Gasteiger partial charge >= 0.3 is 119 Å². The predicted molar refractivity (Wildman–Crippen MR) is 70.0 cm³/mol. The maximum atomic E-state index is 11.6. The predicted octanol–water partition coefficient (Wildman–Crippen LogP) is 1.57. The number of hydrogen-bond acceptors (Lipinski definition) is 6. The fourth-order valence-corrected chi connectivity index (χ4v) is 16.0. The molecule has 0 radical (unpaired) electrons. The number of carbonyl (C=O) groups excluding carboxylic acids is 1. The molecule has 0 fully saturated rings. The molecule has 116 valence electrons. The van der Waals surface area contributed by atoms with Crippen molar-refractivity contribution in [2.24, 2.45) is 0 Å². The van der Waals surface area contributed by atoms with Crippen LogP contribution in [0.1, 0.15) is 27.7 Å². The van der Waals surface area contributed by atoms with Crippen LogP contribution in [0.2, 0.25) is 0 Å². The van der Waals surface area contributed by atoms with Crippen molar-refractivity contribution in [2.45, 2.75) is 32.0 Å². The molecule has 0 saturated carbocycles. The Labute approximate surface area is 119 Å². The molecule has 0 saturated heterocycles. The molecule has 0 aromatic heterocycles. The molecule has 1 unspecified atom stereocenters. The van der Waals surface area contributed by atoms with Crippen molar-refractivity contribution in [2.75, 3.05) is 40.5 Å². The van der Waals surface area contributed by atoms with Crippen molar-refractivity contribution < 1.29 is 35.2 Å². The number of rotatable bonds is 11. The van der Waals surface area contributed by atoms with E-state index in [0.717, 1.165) is 6.29 Å². The van der Waals surface area contributed by atoms with E-state index in [4.69, 9.17) is 13.0 Å². The van der Waals surface area contributed by atoms with Crippen molar-refractivity contribution in [3.05, 3.63) is 0 Å². The van der Waals surface area contributed by atoms with Gasteiger partial charge in [0, 0.05) is 0 Å². The molecule has 1 atom stereocenters. The number of hydrogen-bond donors (Lipinski definition) is 0. The summed E-state index contributed by atoms with van der Waals surface area (Å²) in [5, 5.41) is 0. The molecule has 7 heteroatoms. The van der Waals surface area contributed by atoms with E-state index < -0.39 is 21.7 Å². The molecule has 19 heavy (non-hydrogen) atoms. The molecule has 0 aromatic carbocycles. The van der Waals surface area contributed by atoms with E-state index in [0.29, 0.717) is 26.4 Å². The van der Waals surface area contributed by atoms with Gasteiger partial charge in [-0.25, -0.2) is 0 Å². The molecule has 0 N–H and O–H groups in total. The quantitative estimate of drug-likeness (QED) is 0.449. The van der Waals surface area contributed by atoms with Crippen LogP contribution in [-0.2, 0) is 35.2 Å². The Morgan fingerprint density at radius 3 is 1.37 bits per heavy atom. The first-order chi connectivity index (χ1) is 8.95. The molecule has 0 rings (SSSR count). The average molecular weight is 447 g/mol. The summed E-state index contributed by atoms with van der Waals surface area (Å²) < 4.78 is 23.1. The third kappa shape index (κ3) is 4.09. The molecule has 0 heterocycles. The molecule has 0 aliphatic carbocycles. The molecule has 0 aliphatic rings. The summed E-state index contributed by atoms with van der Waals surface area (Å²) >= 11 is -5.09. The second-order valence-electron chi connectivity index (χ2n) is 4.05. The van der Waals surface area contributed by atoms with E-state index >= 15 is 0 Å². The zero-order chi connectivity index (χ0) is 15.0. The van der Waals surface area contributed by atoms with Gasteiger partial charge in [0.2, 0.25) is 0 Å². The monoisotopic (exact) mass is 447 g/mol. The standard InChI is InChI=1S/C4H8NO.4C2H5O.Ta/c1-5(2)3-4-6;4*1-2-3;/h3-4H,1-2H3;4*2H2,1H3;/q;4*-1;+4. The van der Waals surface area contributed by atoms with E-state index in [1.807, 2.05) is 27.7 Å². The molecule has 6 nitrogen and oxygen atoms in total. The summed E-state index contributed by atoms with van der Waals surface area (Å²) in [6.07, 6.45) is 0.809. The average Bonchev–Trinajstić information content (AvgIpc) is 2.30. The Bertz CT molecular complexity index is 239. The summed E-state index contributed by atoms with van der Waals surface area (Å²) in [7, 11) is 3.59. The Balaban J connectivity index is 5.87. The van der Waals surface area contributed by atoms with Crippen LogP contribution < -0.4 is 0 Å². The molecule has 0 amide bonds. The van der Waals surface area contributed by atoms with Crippen LogP contribution in [0.3, 0.4) is 0 Å². The Morgan fingerprint density at radius 1 is 0.895 bits per heavy atom. The molecule has 0 bridgehead atoms. The van der Waals surface area contributed by atoms with E-state index in [1.54, 1.807) is 19.0 Å². The van der Waals surface area contributed by atoms with Crippen molar-refractivity contribution in [3.8, 4) is 0 Å². The van der Waals surface area contributed by atoms with E-state index in [1.165, 1.54) is 0 Å². The summed E-state index contributed by atoms with van der Waals surface area (Å²) in [4.78, 5) is 13.3. The first kappa shape index (κ1) is 19.2. The summed E-state index contributed by atoms with van der Waals surface area (Å²) in [5.74, 6) is 0.